The fraction of sp³-hybridized carbons (Fsp3) is 0.375. The molecule has 0 unspecified atom stereocenters. The van der Waals surface area contributed by atoms with Crippen LogP contribution in [0, 0.1) is 0 Å². The Morgan fingerprint density at radius 2 is 1.89 bits per heavy atom. The van der Waals surface area contributed by atoms with Crippen molar-refractivity contribution >= 4 is 10.8 Å². The summed E-state index contributed by atoms with van der Waals surface area (Å²) in [6.45, 7) is 2.99. The van der Waals surface area contributed by atoms with Gasteiger partial charge in [0.2, 0.25) is 0 Å². The van der Waals surface area contributed by atoms with Crippen LogP contribution in [0.15, 0.2) is 36.4 Å². The number of benzene rings is 2. The molecule has 2 aromatic rings. The minimum Gasteiger partial charge on any atom is -0.496 e. The number of rotatable bonds is 6. The second-order valence-electron chi connectivity index (χ2n) is 4.64. The van der Waals surface area contributed by atoms with Crippen LogP contribution in [-0.4, -0.2) is 24.9 Å². The summed E-state index contributed by atoms with van der Waals surface area (Å²) in [4.78, 5) is 0. The third kappa shape index (κ3) is 3.06. The molecule has 2 N–H and O–H groups in total. The van der Waals surface area contributed by atoms with Gasteiger partial charge in [-0.25, -0.2) is 0 Å². The molecule has 1 atom stereocenters. The van der Waals surface area contributed by atoms with E-state index in [0.717, 1.165) is 24.1 Å². The number of fused-ring (bicyclic) bond motifs is 1. The number of methoxy groups -OCH3 is 1. The highest BCUT2D eigenvalue weighted by Gasteiger charge is 2.08. The number of hydrogen-bond acceptors (Lipinski definition) is 3. The zero-order chi connectivity index (χ0) is 13.7. The minimum absolute atomic E-state index is 0.154. The van der Waals surface area contributed by atoms with Crippen molar-refractivity contribution in [1.29, 1.82) is 0 Å². The lowest BCUT2D eigenvalue weighted by Crippen LogP contribution is -2.31. The van der Waals surface area contributed by atoms with Crippen molar-refractivity contribution in [2.75, 3.05) is 13.7 Å². The van der Waals surface area contributed by atoms with Gasteiger partial charge in [0.1, 0.15) is 5.75 Å². The zero-order valence-corrected chi connectivity index (χ0v) is 11.5. The van der Waals surface area contributed by atoms with Gasteiger partial charge < -0.3 is 15.2 Å². The maximum absolute atomic E-state index is 9.22. The number of nitrogens with one attached hydrogen (secondary N) is 1. The molecular weight excluding hydrogens is 238 g/mol. The zero-order valence-electron chi connectivity index (χ0n) is 11.5. The van der Waals surface area contributed by atoms with Gasteiger partial charge in [-0.15, -0.1) is 0 Å². The van der Waals surface area contributed by atoms with Crippen LogP contribution < -0.4 is 10.1 Å². The van der Waals surface area contributed by atoms with E-state index in [1.165, 1.54) is 10.9 Å². The fourth-order valence-electron chi connectivity index (χ4n) is 2.26. The Labute approximate surface area is 114 Å². The molecular formula is C16H21NO2. The molecule has 0 bridgehead atoms. The maximum atomic E-state index is 9.22. The van der Waals surface area contributed by atoms with Gasteiger partial charge in [0.15, 0.2) is 0 Å². The summed E-state index contributed by atoms with van der Waals surface area (Å²) >= 11 is 0. The van der Waals surface area contributed by atoms with E-state index in [9.17, 15) is 5.11 Å². The molecule has 0 radical (unpaired) electrons. The Balaban J connectivity index is 2.29. The molecule has 3 nitrogen and oxygen atoms in total. The second kappa shape index (κ2) is 6.55. The van der Waals surface area contributed by atoms with Crippen molar-refractivity contribution in [2.24, 2.45) is 0 Å². The molecule has 0 heterocycles. The van der Waals surface area contributed by atoms with Gasteiger partial charge in [-0.3, -0.25) is 0 Å². The van der Waals surface area contributed by atoms with E-state index in [-0.39, 0.29) is 12.6 Å². The normalized spacial score (nSPS) is 12.6. The first kappa shape index (κ1) is 13.8. The summed E-state index contributed by atoms with van der Waals surface area (Å²) in [5.74, 6) is 0.897. The number of hydrogen-bond donors (Lipinski definition) is 2. The lowest BCUT2D eigenvalue weighted by atomic mass is 10.0. The standard InChI is InChI=1S/C16H21NO2/c1-3-13(11-18)17-10-12-8-9-16(19-2)15-7-5-4-6-14(12)15/h4-9,13,17-18H,3,10-11H2,1-2H3/t13-/m1/s1. The van der Waals surface area contributed by atoms with Gasteiger partial charge in [0.25, 0.3) is 0 Å². The molecule has 2 aromatic carbocycles. The van der Waals surface area contributed by atoms with Crippen LogP contribution in [0.25, 0.3) is 10.8 Å². The molecule has 0 aliphatic heterocycles. The topological polar surface area (TPSA) is 41.5 Å². The first-order chi connectivity index (χ1) is 9.30. The highest BCUT2D eigenvalue weighted by molar-refractivity contribution is 5.91. The smallest absolute Gasteiger partial charge is 0.126 e. The lowest BCUT2D eigenvalue weighted by molar-refractivity contribution is 0.238. The SMILES string of the molecule is CC[C@H](CO)NCc1ccc(OC)c2ccccc12. The van der Waals surface area contributed by atoms with Gasteiger partial charge in [0.05, 0.1) is 13.7 Å². The summed E-state index contributed by atoms with van der Waals surface area (Å²) in [7, 11) is 1.69. The maximum Gasteiger partial charge on any atom is 0.126 e. The molecule has 102 valence electrons. The Kier molecular flexibility index (Phi) is 4.77. The van der Waals surface area contributed by atoms with E-state index in [1.54, 1.807) is 7.11 Å². The average Bonchev–Trinajstić information content (AvgIpc) is 2.48. The Bertz CT molecular complexity index is 535. The summed E-state index contributed by atoms with van der Waals surface area (Å²) in [6.07, 6.45) is 0.921. The summed E-state index contributed by atoms with van der Waals surface area (Å²) in [6, 6.07) is 12.5. The fourth-order valence-corrected chi connectivity index (χ4v) is 2.26. The van der Waals surface area contributed by atoms with Crippen molar-refractivity contribution in [3.05, 3.63) is 42.0 Å². The second-order valence-corrected chi connectivity index (χ2v) is 4.64. The van der Waals surface area contributed by atoms with Crippen LogP contribution >= 0.6 is 0 Å². The third-order valence-electron chi connectivity index (χ3n) is 3.49. The average molecular weight is 259 g/mol. The van der Waals surface area contributed by atoms with Crippen LogP contribution in [0.1, 0.15) is 18.9 Å². The molecule has 0 aliphatic carbocycles. The first-order valence-corrected chi connectivity index (χ1v) is 6.69. The number of aliphatic hydroxyl groups excluding tert-OH is 1. The third-order valence-corrected chi connectivity index (χ3v) is 3.49. The van der Waals surface area contributed by atoms with Crippen molar-refractivity contribution < 1.29 is 9.84 Å². The predicted molar refractivity (Wildman–Crippen MR) is 78.5 cm³/mol. The van der Waals surface area contributed by atoms with Crippen LogP contribution in [0.4, 0.5) is 0 Å². The van der Waals surface area contributed by atoms with Gasteiger partial charge in [-0.1, -0.05) is 37.3 Å². The van der Waals surface area contributed by atoms with Gasteiger partial charge in [-0.2, -0.15) is 0 Å². The molecule has 2 rings (SSSR count). The minimum atomic E-state index is 0.154. The van der Waals surface area contributed by atoms with E-state index < -0.39 is 0 Å². The summed E-state index contributed by atoms with van der Waals surface area (Å²) < 4.78 is 5.39. The van der Waals surface area contributed by atoms with E-state index in [2.05, 4.69) is 30.4 Å². The van der Waals surface area contributed by atoms with Crippen molar-refractivity contribution in [3.63, 3.8) is 0 Å². The molecule has 0 saturated carbocycles. The molecule has 0 spiro atoms. The van der Waals surface area contributed by atoms with E-state index in [4.69, 9.17) is 4.74 Å². The van der Waals surface area contributed by atoms with Crippen LogP contribution in [0.5, 0.6) is 5.75 Å². The first-order valence-electron chi connectivity index (χ1n) is 6.69. The summed E-state index contributed by atoms with van der Waals surface area (Å²) in [5, 5.41) is 14.9. The summed E-state index contributed by atoms with van der Waals surface area (Å²) in [5.41, 5.74) is 1.23. The van der Waals surface area contributed by atoms with Crippen LogP contribution in [0.2, 0.25) is 0 Å². The van der Waals surface area contributed by atoms with Crippen LogP contribution in [0.3, 0.4) is 0 Å². The highest BCUT2D eigenvalue weighted by Crippen LogP contribution is 2.28. The molecule has 0 aliphatic rings. The largest absolute Gasteiger partial charge is 0.496 e. The molecule has 0 fully saturated rings. The van der Waals surface area contributed by atoms with Gasteiger partial charge >= 0.3 is 0 Å². The highest BCUT2D eigenvalue weighted by atomic mass is 16.5. The quantitative estimate of drug-likeness (QED) is 0.838. The van der Waals surface area contributed by atoms with Crippen molar-refractivity contribution in [3.8, 4) is 5.75 Å². The van der Waals surface area contributed by atoms with Crippen molar-refractivity contribution in [2.45, 2.75) is 25.9 Å². The molecule has 3 heteroatoms. The lowest BCUT2D eigenvalue weighted by Gasteiger charge is -2.16. The van der Waals surface area contributed by atoms with E-state index in [1.807, 2.05) is 18.2 Å². The number of ether oxygens (including phenoxy) is 1. The van der Waals surface area contributed by atoms with E-state index in [0.29, 0.717) is 0 Å². The Morgan fingerprint density at radius 3 is 2.53 bits per heavy atom. The molecule has 0 aromatic heterocycles. The predicted octanol–water partition coefficient (Wildman–Crippen LogP) is 2.71. The van der Waals surface area contributed by atoms with Gasteiger partial charge in [-0.05, 0) is 23.4 Å². The number of aliphatic hydroxyl groups is 1. The molecule has 19 heavy (non-hydrogen) atoms. The van der Waals surface area contributed by atoms with Crippen LogP contribution in [-0.2, 0) is 6.54 Å². The molecule has 0 saturated heterocycles. The molecule has 0 amide bonds. The van der Waals surface area contributed by atoms with Crippen molar-refractivity contribution in [1.82, 2.24) is 5.32 Å². The Morgan fingerprint density at radius 1 is 1.16 bits per heavy atom. The monoisotopic (exact) mass is 259 g/mol. The van der Waals surface area contributed by atoms with Gasteiger partial charge in [0, 0.05) is 18.0 Å². The van der Waals surface area contributed by atoms with E-state index >= 15 is 0 Å². The Hall–Kier alpha value is -1.58.